The minimum Gasteiger partial charge on any atom is -0.465 e. The zero-order valence-corrected chi connectivity index (χ0v) is 15.5. The van der Waals surface area contributed by atoms with Crippen LogP contribution in [0.25, 0.3) is 0 Å². The Morgan fingerprint density at radius 1 is 1.45 bits per heavy atom. The molecule has 0 heterocycles. The highest BCUT2D eigenvalue weighted by Gasteiger charge is 2.54. The molecule has 0 saturated heterocycles. The van der Waals surface area contributed by atoms with Crippen molar-refractivity contribution in [1.82, 2.24) is 0 Å². The summed E-state index contributed by atoms with van der Waals surface area (Å²) in [6.45, 7) is 14.4. The lowest BCUT2D eigenvalue weighted by Crippen LogP contribution is -2.49. The fourth-order valence-electron chi connectivity index (χ4n) is 3.06. The van der Waals surface area contributed by atoms with Crippen molar-refractivity contribution < 1.29 is 14.3 Å². The average molecular weight is 321 g/mol. The molecule has 0 bridgehead atoms. The highest BCUT2D eigenvalue weighted by molar-refractivity contribution is 6.83. The molecule has 1 aliphatic carbocycles. The minimum absolute atomic E-state index is 0.0323. The van der Waals surface area contributed by atoms with Crippen molar-refractivity contribution in [3.05, 3.63) is 12.2 Å². The van der Waals surface area contributed by atoms with E-state index >= 15 is 0 Å². The zero-order chi connectivity index (χ0) is 17.0. The molecule has 1 saturated carbocycles. The molecule has 22 heavy (non-hydrogen) atoms. The standard InChI is InChI=1S/C18H28O3Si/c1-7-21-17(20)18(12-9-13-22(4,5)6)15(14(2)3)10-8-11-16(18)19/h15H,2,7-8,10-12H2,1,3-6H3/t15?,18-/m1/s1. The van der Waals surface area contributed by atoms with Crippen LogP contribution in [0.15, 0.2) is 12.2 Å². The lowest BCUT2D eigenvalue weighted by molar-refractivity contribution is -0.165. The van der Waals surface area contributed by atoms with Crippen molar-refractivity contribution in [2.24, 2.45) is 11.3 Å². The summed E-state index contributed by atoms with van der Waals surface area (Å²) in [6, 6.07) is 0. The van der Waals surface area contributed by atoms with Crippen molar-refractivity contribution in [3.8, 4) is 11.5 Å². The lowest BCUT2D eigenvalue weighted by Gasteiger charge is -2.40. The van der Waals surface area contributed by atoms with E-state index in [1.54, 1.807) is 6.92 Å². The normalized spacial score (nSPS) is 25.1. The smallest absolute Gasteiger partial charge is 0.321 e. The Balaban J connectivity index is 3.28. The van der Waals surface area contributed by atoms with Crippen LogP contribution in [0.2, 0.25) is 19.6 Å². The van der Waals surface area contributed by atoms with Crippen LogP contribution >= 0.6 is 0 Å². The van der Waals surface area contributed by atoms with Crippen LogP contribution in [0.3, 0.4) is 0 Å². The second-order valence-electron chi connectivity index (χ2n) is 7.13. The number of carbonyl (C=O) groups is 2. The van der Waals surface area contributed by atoms with Crippen LogP contribution in [0.4, 0.5) is 0 Å². The fourth-order valence-corrected chi connectivity index (χ4v) is 3.67. The molecule has 3 nitrogen and oxygen atoms in total. The molecule has 0 N–H and O–H groups in total. The largest absolute Gasteiger partial charge is 0.465 e. The molecule has 1 fully saturated rings. The number of ketones is 1. The summed E-state index contributed by atoms with van der Waals surface area (Å²) < 4.78 is 5.26. The number of allylic oxidation sites excluding steroid dienone is 1. The third kappa shape index (κ3) is 4.10. The third-order valence-corrected chi connectivity index (χ3v) is 4.98. The van der Waals surface area contributed by atoms with Crippen molar-refractivity contribution in [2.75, 3.05) is 6.61 Å². The van der Waals surface area contributed by atoms with Crippen molar-refractivity contribution in [1.29, 1.82) is 0 Å². The average Bonchev–Trinajstić information content (AvgIpc) is 2.39. The van der Waals surface area contributed by atoms with Gasteiger partial charge in [-0.1, -0.05) is 31.8 Å². The van der Waals surface area contributed by atoms with E-state index < -0.39 is 19.5 Å². The fraction of sp³-hybridized carbons (Fsp3) is 0.667. The Labute approximate surface area is 135 Å². The van der Waals surface area contributed by atoms with Crippen LogP contribution in [-0.4, -0.2) is 26.4 Å². The van der Waals surface area contributed by atoms with Gasteiger partial charge in [0, 0.05) is 18.8 Å². The van der Waals surface area contributed by atoms with Gasteiger partial charge in [0.2, 0.25) is 0 Å². The number of hydrogen-bond acceptors (Lipinski definition) is 3. The first-order valence-electron chi connectivity index (χ1n) is 8.01. The molecule has 1 rings (SSSR count). The van der Waals surface area contributed by atoms with E-state index in [-0.39, 0.29) is 24.7 Å². The molecule has 0 aromatic heterocycles. The summed E-state index contributed by atoms with van der Waals surface area (Å²) in [4.78, 5) is 25.4. The van der Waals surface area contributed by atoms with E-state index in [1.165, 1.54) is 0 Å². The summed E-state index contributed by atoms with van der Waals surface area (Å²) in [5, 5.41) is 0. The summed E-state index contributed by atoms with van der Waals surface area (Å²) in [5.41, 5.74) is 3.00. The molecule has 4 heteroatoms. The predicted octanol–water partition coefficient (Wildman–Crippen LogP) is 3.75. The van der Waals surface area contributed by atoms with E-state index in [9.17, 15) is 9.59 Å². The third-order valence-electron chi connectivity index (χ3n) is 4.05. The lowest BCUT2D eigenvalue weighted by atomic mass is 9.61. The molecular formula is C18H28O3Si. The molecule has 0 aromatic rings. The van der Waals surface area contributed by atoms with E-state index in [0.29, 0.717) is 6.42 Å². The van der Waals surface area contributed by atoms with Gasteiger partial charge in [-0.3, -0.25) is 9.59 Å². The van der Waals surface area contributed by atoms with Crippen LogP contribution in [0, 0.1) is 22.8 Å². The quantitative estimate of drug-likeness (QED) is 0.260. The Bertz CT molecular complexity index is 519. The van der Waals surface area contributed by atoms with Gasteiger partial charge >= 0.3 is 5.97 Å². The Kier molecular flexibility index (Phi) is 6.19. The highest BCUT2D eigenvalue weighted by atomic mass is 28.3. The molecule has 1 unspecified atom stereocenters. The number of rotatable bonds is 4. The van der Waals surface area contributed by atoms with Gasteiger partial charge in [-0.25, -0.2) is 0 Å². The van der Waals surface area contributed by atoms with Gasteiger partial charge in [0.1, 0.15) is 13.5 Å². The number of ether oxygens (including phenoxy) is 1. The van der Waals surface area contributed by atoms with Crippen molar-refractivity contribution >= 4 is 19.8 Å². The molecule has 1 aliphatic rings. The maximum Gasteiger partial charge on any atom is 0.321 e. The number of Topliss-reactive ketones (excluding diaryl/α,β-unsaturated/α-hetero) is 1. The second kappa shape index (κ2) is 7.28. The van der Waals surface area contributed by atoms with Gasteiger partial charge in [0.25, 0.3) is 0 Å². The minimum atomic E-state index is -1.55. The Hall–Kier alpha value is -1.34. The van der Waals surface area contributed by atoms with Crippen LogP contribution in [-0.2, 0) is 14.3 Å². The van der Waals surface area contributed by atoms with E-state index in [0.717, 1.165) is 18.4 Å². The molecule has 0 aromatic carbocycles. The topological polar surface area (TPSA) is 43.4 Å². The molecule has 0 spiro atoms. The van der Waals surface area contributed by atoms with Crippen LogP contribution < -0.4 is 0 Å². The molecule has 122 valence electrons. The first kappa shape index (κ1) is 18.7. The highest BCUT2D eigenvalue weighted by Crippen LogP contribution is 2.45. The monoisotopic (exact) mass is 320 g/mol. The molecule has 0 amide bonds. The second-order valence-corrected chi connectivity index (χ2v) is 11.9. The Morgan fingerprint density at radius 2 is 2.09 bits per heavy atom. The summed E-state index contributed by atoms with van der Waals surface area (Å²) in [6.07, 6.45) is 2.29. The first-order chi connectivity index (χ1) is 10.1. The van der Waals surface area contributed by atoms with Gasteiger partial charge in [-0.05, 0) is 26.7 Å². The zero-order valence-electron chi connectivity index (χ0n) is 14.5. The maximum absolute atomic E-state index is 12.7. The van der Waals surface area contributed by atoms with Gasteiger partial charge in [-0.2, -0.15) is 0 Å². The van der Waals surface area contributed by atoms with Crippen molar-refractivity contribution in [3.63, 3.8) is 0 Å². The molecule has 0 radical (unpaired) electrons. The molecular weight excluding hydrogens is 292 g/mol. The molecule has 0 aliphatic heterocycles. The number of esters is 1. The summed E-state index contributed by atoms with van der Waals surface area (Å²) in [7, 11) is -1.55. The van der Waals surface area contributed by atoms with Crippen LogP contribution in [0.5, 0.6) is 0 Å². The SMILES string of the molecule is C=C(C)C1CCCC(=O)[C@]1(CC#C[Si](C)(C)C)C(=O)OCC. The van der Waals surface area contributed by atoms with Gasteiger partial charge in [0.05, 0.1) is 6.61 Å². The summed E-state index contributed by atoms with van der Waals surface area (Å²) in [5.74, 6) is 2.52. The van der Waals surface area contributed by atoms with Crippen molar-refractivity contribution in [2.45, 2.75) is 59.2 Å². The summed E-state index contributed by atoms with van der Waals surface area (Å²) >= 11 is 0. The van der Waals surface area contributed by atoms with E-state index in [1.807, 2.05) is 6.92 Å². The predicted molar refractivity (Wildman–Crippen MR) is 92.0 cm³/mol. The van der Waals surface area contributed by atoms with E-state index in [4.69, 9.17) is 4.74 Å². The first-order valence-corrected chi connectivity index (χ1v) is 11.5. The Morgan fingerprint density at radius 3 is 2.59 bits per heavy atom. The van der Waals surface area contributed by atoms with Crippen LogP contribution in [0.1, 0.15) is 39.5 Å². The van der Waals surface area contributed by atoms with Gasteiger partial charge < -0.3 is 4.74 Å². The maximum atomic E-state index is 12.7. The number of hydrogen-bond donors (Lipinski definition) is 0. The van der Waals surface area contributed by atoms with E-state index in [2.05, 4.69) is 37.7 Å². The van der Waals surface area contributed by atoms with Gasteiger partial charge in [-0.15, -0.1) is 11.5 Å². The number of carbonyl (C=O) groups excluding carboxylic acids is 2. The molecule has 2 atom stereocenters. The van der Waals surface area contributed by atoms with Gasteiger partial charge in [0.15, 0.2) is 5.78 Å².